The summed E-state index contributed by atoms with van der Waals surface area (Å²) >= 11 is 0. The van der Waals surface area contributed by atoms with Crippen LogP contribution in [0.2, 0.25) is 0 Å². The molecule has 5 aromatic rings. The summed E-state index contributed by atoms with van der Waals surface area (Å²) in [6.45, 7) is 1.37. The molecule has 1 aromatic carbocycles. The molecule has 170 valence electrons. The number of rotatable bonds is 7. The third-order valence-corrected chi connectivity index (χ3v) is 5.34. The first-order chi connectivity index (χ1) is 16.5. The summed E-state index contributed by atoms with van der Waals surface area (Å²) in [6.07, 6.45) is 5.40. The van der Waals surface area contributed by atoms with Crippen LogP contribution in [-0.2, 0) is 19.6 Å². The highest BCUT2D eigenvalue weighted by Gasteiger charge is 2.11. The zero-order valence-corrected chi connectivity index (χ0v) is 18.1. The number of imidazole rings is 1. The van der Waals surface area contributed by atoms with Crippen molar-refractivity contribution in [2.75, 3.05) is 0 Å². The van der Waals surface area contributed by atoms with Gasteiger partial charge in [-0.1, -0.05) is 24.3 Å². The van der Waals surface area contributed by atoms with Gasteiger partial charge in [0, 0.05) is 37.7 Å². The van der Waals surface area contributed by atoms with Crippen LogP contribution in [0.1, 0.15) is 27.3 Å². The summed E-state index contributed by atoms with van der Waals surface area (Å²) in [6, 6.07) is 16.7. The number of hydrogen-bond donors (Lipinski definition) is 2. The predicted molar refractivity (Wildman–Crippen MR) is 125 cm³/mol. The zero-order chi connectivity index (χ0) is 23.5. The normalized spacial score (nSPS) is 11.2. The number of amides is 1. The van der Waals surface area contributed by atoms with E-state index in [1.54, 1.807) is 30.5 Å². The number of carbonyl (C=O) groups is 1. The number of nitrogens with zero attached hydrogens (tertiary/aromatic N) is 4. The molecule has 5 rings (SSSR count). The Labute approximate surface area is 193 Å². The first kappa shape index (κ1) is 21.5. The molecule has 9 heteroatoms. The Bertz CT molecular complexity index is 1560. The van der Waals surface area contributed by atoms with Gasteiger partial charge >= 0.3 is 0 Å². The quantitative estimate of drug-likeness (QED) is 0.393. The van der Waals surface area contributed by atoms with Gasteiger partial charge in [0.1, 0.15) is 22.8 Å². The van der Waals surface area contributed by atoms with Gasteiger partial charge in [0.2, 0.25) is 0 Å². The standard InChI is InChI=1S/C25H21FN6O2/c26-19-5-3-4-17(10-19)12-27-13-18-7-8-22-29-20(16-31(22)15-18)14-28-25(34)21-11-24(33)32-9-2-1-6-23(32)30-21/h1-11,15-16,27H,12-14H2,(H,28,34). The number of pyridine rings is 2. The number of aromatic nitrogens is 4. The van der Waals surface area contributed by atoms with Crippen molar-refractivity contribution in [1.82, 2.24) is 29.4 Å². The van der Waals surface area contributed by atoms with E-state index in [9.17, 15) is 14.0 Å². The second-order valence-corrected chi connectivity index (χ2v) is 7.86. The average Bonchev–Trinajstić information content (AvgIpc) is 3.25. The van der Waals surface area contributed by atoms with Gasteiger partial charge in [-0.2, -0.15) is 0 Å². The smallest absolute Gasteiger partial charge is 0.270 e. The summed E-state index contributed by atoms with van der Waals surface area (Å²) in [4.78, 5) is 33.5. The number of fused-ring (bicyclic) bond motifs is 2. The Morgan fingerprint density at radius 1 is 0.882 bits per heavy atom. The molecule has 0 saturated carbocycles. The Kier molecular flexibility index (Phi) is 5.84. The molecule has 0 radical (unpaired) electrons. The van der Waals surface area contributed by atoms with E-state index in [1.165, 1.54) is 22.6 Å². The van der Waals surface area contributed by atoms with E-state index >= 15 is 0 Å². The van der Waals surface area contributed by atoms with Crippen LogP contribution < -0.4 is 16.2 Å². The first-order valence-corrected chi connectivity index (χ1v) is 10.7. The zero-order valence-electron chi connectivity index (χ0n) is 18.1. The van der Waals surface area contributed by atoms with Crippen LogP contribution >= 0.6 is 0 Å². The molecule has 8 nitrogen and oxygen atoms in total. The first-order valence-electron chi connectivity index (χ1n) is 10.7. The van der Waals surface area contributed by atoms with Crippen molar-refractivity contribution in [3.8, 4) is 0 Å². The minimum absolute atomic E-state index is 0.0617. The van der Waals surface area contributed by atoms with Gasteiger partial charge in [-0.25, -0.2) is 14.4 Å². The van der Waals surface area contributed by atoms with Crippen molar-refractivity contribution >= 4 is 17.2 Å². The van der Waals surface area contributed by atoms with E-state index in [0.29, 0.717) is 24.4 Å². The highest BCUT2D eigenvalue weighted by atomic mass is 19.1. The maximum absolute atomic E-state index is 13.3. The molecular formula is C25H21FN6O2. The summed E-state index contributed by atoms with van der Waals surface area (Å²) in [5.74, 6) is -0.690. The molecule has 4 heterocycles. The van der Waals surface area contributed by atoms with E-state index in [2.05, 4.69) is 20.6 Å². The molecule has 0 aliphatic rings. The maximum Gasteiger partial charge on any atom is 0.270 e. The molecular weight excluding hydrogens is 435 g/mol. The average molecular weight is 456 g/mol. The molecule has 0 spiro atoms. The van der Waals surface area contributed by atoms with Crippen molar-refractivity contribution in [2.45, 2.75) is 19.6 Å². The van der Waals surface area contributed by atoms with E-state index in [-0.39, 0.29) is 23.6 Å². The van der Waals surface area contributed by atoms with Crippen molar-refractivity contribution < 1.29 is 9.18 Å². The van der Waals surface area contributed by atoms with Crippen LogP contribution in [-0.4, -0.2) is 24.7 Å². The summed E-state index contributed by atoms with van der Waals surface area (Å²) in [5, 5.41) is 6.07. The monoisotopic (exact) mass is 456 g/mol. The van der Waals surface area contributed by atoms with Crippen LogP contribution in [0.5, 0.6) is 0 Å². The summed E-state index contributed by atoms with van der Waals surface area (Å²) in [7, 11) is 0. The van der Waals surface area contributed by atoms with Crippen molar-refractivity contribution in [1.29, 1.82) is 0 Å². The third kappa shape index (κ3) is 4.69. The molecule has 0 unspecified atom stereocenters. The fraction of sp³-hybridized carbons (Fsp3) is 0.120. The van der Waals surface area contributed by atoms with Crippen LogP contribution in [0.3, 0.4) is 0 Å². The van der Waals surface area contributed by atoms with Gasteiger partial charge in [0.15, 0.2) is 0 Å². The van der Waals surface area contributed by atoms with Gasteiger partial charge < -0.3 is 15.0 Å². The number of carbonyl (C=O) groups excluding carboxylic acids is 1. The van der Waals surface area contributed by atoms with Gasteiger partial charge in [-0.3, -0.25) is 14.0 Å². The van der Waals surface area contributed by atoms with E-state index < -0.39 is 5.91 Å². The van der Waals surface area contributed by atoms with Gasteiger partial charge in [0.25, 0.3) is 11.5 Å². The van der Waals surface area contributed by atoms with Gasteiger partial charge in [-0.15, -0.1) is 0 Å². The molecule has 0 bridgehead atoms. The number of nitrogens with one attached hydrogen (secondary N) is 2. The largest absolute Gasteiger partial charge is 0.345 e. The van der Waals surface area contributed by atoms with Crippen molar-refractivity contribution in [3.63, 3.8) is 0 Å². The highest BCUT2D eigenvalue weighted by Crippen LogP contribution is 2.09. The van der Waals surface area contributed by atoms with Gasteiger partial charge in [0.05, 0.1) is 12.2 Å². The Hall–Kier alpha value is -4.37. The lowest BCUT2D eigenvalue weighted by molar-refractivity contribution is 0.0945. The number of hydrogen-bond acceptors (Lipinski definition) is 5. The van der Waals surface area contributed by atoms with Crippen molar-refractivity contribution in [3.05, 3.63) is 118 Å². The lowest BCUT2D eigenvalue weighted by Crippen LogP contribution is -2.27. The molecule has 2 N–H and O–H groups in total. The summed E-state index contributed by atoms with van der Waals surface area (Å²) in [5.41, 5.74) is 3.50. The predicted octanol–water partition coefficient (Wildman–Crippen LogP) is 2.70. The molecule has 0 aliphatic heterocycles. The van der Waals surface area contributed by atoms with E-state index in [1.807, 2.05) is 35.0 Å². The Morgan fingerprint density at radius 3 is 2.65 bits per heavy atom. The fourth-order valence-electron chi connectivity index (χ4n) is 3.71. The number of halogens is 1. The van der Waals surface area contributed by atoms with Crippen molar-refractivity contribution in [2.24, 2.45) is 0 Å². The Morgan fingerprint density at radius 2 is 1.76 bits per heavy atom. The molecule has 4 aromatic heterocycles. The maximum atomic E-state index is 13.3. The molecule has 0 saturated heterocycles. The van der Waals surface area contributed by atoms with Crippen LogP contribution in [0, 0.1) is 5.82 Å². The lowest BCUT2D eigenvalue weighted by atomic mass is 10.2. The van der Waals surface area contributed by atoms with E-state index in [4.69, 9.17) is 0 Å². The van der Waals surface area contributed by atoms with E-state index in [0.717, 1.165) is 16.8 Å². The minimum atomic E-state index is -0.442. The van der Waals surface area contributed by atoms with Crippen LogP contribution in [0.25, 0.3) is 11.3 Å². The van der Waals surface area contributed by atoms with Crippen LogP contribution in [0.4, 0.5) is 4.39 Å². The van der Waals surface area contributed by atoms with Crippen LogP contribution in [0.15, 0.2) is 84.0 Å². The molecule has 1 amide bonds. The number of benzene rings is 1. The molecule has 0 atom stereocenters. The third-order valence-electron chi connectivity index (χ3n) is 5.34. The molecule has 34 heavy (non-hydrogen) atoms. The minimum Gasteiger partial charge on any atom is -0.345 e. The second-order valence-electron chi connectivity index (χ2n) is 7.86. The lowest BCUT2D eigenvalue weighted by Gasteiger charge is -2.06. The fourth-order valence-corrected chi connectivity index (χ4v) is 3.71. The second kappa shape index (κ2) is 9.24. The Balaban J connectivity index is 1.22. The topological polar surface area (TPSA) is 92.8 Å². The van der Waals surface area contributed by atoms with Gasteiger partial charge in [-0.05, 0) is 41.5 Å². The SMILES string of the molecule is O=C(NCc1cn2cc(CNCc3cccc(F)c3)ccc2n1)c1cc(=O)n2ccccc2n1. The highest BCUT2D eigenvalue weighted by molar-refractivity contribution is 5.92. The summed E-state index contributed by atoms with van der Waals surface area (Å²) < 4.78 is 16.6. The molecule has 0 aliphatic carbocycles. The molecule has 0 fully saturated rings.